The molecule has 132 valence electrons. The summed E-state index contributed by atoms with van der Waals surface area (Å²) >= 11 is 1.68. The highest BCUT2D eigenvalue weighted by molar-refractivity contribution is 7.19. The summed E-state index contributed by atoms with van der Waals surface area (Å²) in [7, 11) is 0. The standard InChI is InChI=1S/C20H25N3OS/c1-2-20(10-4-3-5-11-20)14-24-17-9-8-16-19(23-17)25-18(22-16)15-7-6-12-21-13-15/h6-7,9,12-13,23H,2-5,8,10-11,14H2,1H3. The van der Waals surface area contributed by atoms with E-state index in [4.69, 9.17) is 9.72 Å². The van der Waals surface area contributed by atoms with Crippen LogP contribution in [0.15, 0.2) is 36.5 Å². The topological polar surface area (TPSA) is 47.0 Å². The van der Waals surface area contributed by atoms with Crippen molar-refractivity contribution in [2.45, 2.75) is 51.9 Å². The molecule has 0 radical (unpaired) electrons. The van der Waals surface area contributed by atoms with Gasteiger partial charge in [0, 0.05) is 29.8 Å². The van der Waals surface area contributed by atoms with Crippen LogP contribution in [0.1, 0.15) is 51.1 Å². The summed E-state index contributed by atoms with van der Waals surface area (Å²) < 4.78 is 6.21. The van der Waals surface area contributed by atoms with E-state index in [1.807, 2.05) is 12.3 Å². The number of hydrogen-bond acceptors (Lipinski definition) is 5. The highest BCUT2D eigenvalue weighted by atomic mass is 32.1. The molecule has 5 heteroatoms. The molecule has 2 aromatic rings. The summed E-state index contributed by atoms with van der Waals surface area (Å²) in [5.74, 6) is 0.896. The molecule has 0 atom stereocenters. The van der Waals surface area contributed by atoms with Crippen LogP contribution in [0, 0.1) is 5.41 Å². The maximum atomic E-state index is 6.21. The molecule has 2 aliphatic rings. The first kappa shape index (κ1) is 16.6. The van der Waals surface area contributed by atoms with Crippen LogP contribution in [0.2, 0.25) is 0 Å². The number of thiazole rings is 1. The van der Waals surface area contributed by atoms with Gasteiger partial charge in [-0.15, -0.1) is 0 Å². The number of nitrogens with one attached hydrogen (secondary N) is 1. The molecule has 2 aromatic heterocycles. The van der Waals surface area contributed by atoms with Gasteiger partial charge in [-0.25, -0.2) is 4.98 Å². The lowest BCUT2D eigenvalue weighted by molar-refractivity contribution is 0.0542. The molecule has 0 amide bonds. The highest BCUT2D eigenvalue weighted by Gasteiger charge is 2.31. The number of anilines is 1. The smallest absolute Gasteiger partial charge is 0.188 e. The molecule has 4 nitrogen and oxygen atoms in total. The van der Waals surface area contributed by atoms with E-state index in [1.54, 1.807) is 17.5 Å². The first-order valence-corrected chi connectivity index (χ1v) is 10.1. The first-order chi connectivity index (χ1) is 12.3. The van der Waals surface area contributed by atoms with Gasteiger partial charge in [0.2, 0.25) is 0 Å². The summed E-state index contributed by atoms with van der Waals surface area (Å²) in [6, 6.07) is 4.00. The lowest BCUT2D eigenvalue weighted by Gasteiger charge is -2.36. The minimum atomic E-state index is 0.371. The molecule has 0 aromatic carbocycles. The predicted octanol–water partition coefficient (Wildman–Crippen LogP) is 5.39. The van der Waals surface area contributed by atoms with E-state index in [2.05, 4.69) is 29.4 Å². The molecule has 0 spiro atoms. The van der Waals surface area contributed by atoms with Crippen LogP contribution >= 0.6 is 11.3 Å². The molecular formula is C20H25N3OS. The van der Waals surface area contributed by atoms with Gasteiger partial charge in [-0.05, 0) is 37.5 Å². The maximum Gasteiger partial charge on any atom is 0.188 e. The van der Waals surface area contributed by atoms with Crippen LogP contribution < -0.4 is 5.32 Å². The summed E-state index contributed by atoms with van der Waals surface area (Å²) in [5, 5.41) is 5.56. The molecule has 1 saturated carbocycles. The Balaban J connectivity index is 1.42. The lowest BCUT2D eigenvalue weighted by atomic mass is 9.73. The molecule has 1 N–H and O–H groups in total. The van der Waals surface area contributed by atoms with Crippen LogP contribution in [0.3, 0.4) is 0 Å². The number of ether oxygens (including phenoxy) is 1. The molecule has 0 bridgehead atoms. The third-order valence-corrected chi connectivity index (χ3v) is 6.58. The van der Waals surface area contributed by atoms with Crippen molar-refractivity contribution in [3.63, 3.8) is 0 Å². The second-order valence-electron chi connectivity index (χ2n) is 7.14. The molecule has 4 rings (SSSR count). The van der Waals surface area contributed by atoms with E-state index in [-0.39, 0.29) is 0 Å². The van der Waals surface area contributed by atoms with Crippen LogP contribution in [-0.2, 0) is 11.2 Å². The Hall–Kier alpha value is -1.88. The van der Waals surface area contributed by atoms with Crippen molar-refractivity contribution in [2.75, 3.05) is 11.9 Å². The SMILES string of the molecule is CCC1(COC2=CCc3nc(-c4cccnc4)sc3N2)CCCCC1. The van der Waals surface area contributed by atoms with Gasteiger partial charge >= 0.3 is 0 Å². The normalized spacial score (nSPS) is 18.8. The van der Waals surface area contributed by atoms with Crippen molar-refractivity contribution in [3.8, 4) is 10.6 Å². The number of rotatable bonds is 5. The first-order valence-electron chi connectivity index (χ1n) is 9.28. The second-order valence-corrected chi connectivity index (χ2v) is 8.14. The average Bonchev–Trinajstić information content (AvgIpc) is 3.11. The van der Waals surface area contributed by atoms with Gasteiger partial charge in [0.1, 0.15) is 10.0 Å². The minimum Gasteiger partial charge on any atom is -0.479 e. The van der Waals surface area contributed by atoms with E-state index in [9.17, 15) is 0 Å². The van der Waals surface area contributed by atoms with Gasteiger partial charge in [-0.3, -0.25) is 4.98 Å². The monoisotopic (exact) mass is 355 g/mol. The number of pyridine rings is 1. The number of allylic oxidation sites excluding steroid dienone is 1. The van der Waals surface area contributed by atoms with Crippen molar-refractivity contribution < 1.29 is 4.74 Å². The molecule has 0 saturated heterocycles. The summed E-state index contributed by atoms with van der Waals surface area (Å²) in [4.78, 5) is 8.94. The van der Waals surface area contributed by atoms with Crippen LogP contribution in [0.4, 0.5) is 5.00 Å². The summed E-state index contributed by atoms with van der Waals surface area (Å²) in [6.45, 7) is 3.13. The number of nitrogens with zero attached hydrogens (tertiary/aromatic N) is 2. The Kier molecular flexibility index (Phi) is 4.75. The molecule has 25 heavy (non-hydrogen) atoms. The van der Waals surface area contributed by atoms with Gasteiger partial charge in [0.15, 0.2) is 5.88 Å². The Morgan fingerprint density at radius 1 is 1.28 bits per heavy atom. The van der Waals surface area contributed by atoms with E-state index >= 15 is 0 Å². The number of fused-ring (bicyclic) bond motifs is 1. The van der Waals surface area contributed by atoms with E-state index in [0.717, 1.165) is 40.2 Å². The molecule has 1 aliphatic heterocycles. The number of aromatic nitrogens is 2. The summed E-state index contributed by atoms with van der Waals surface area (Å²) in [5.41, 5.74) is 2.53. The fraction of sp³-hybridized carbons (Fsp3) is 0.500. The van der Waals surface area contributed by atoms with Gasteiger partial charge in [-0.2, -0.15) is 0 Å². The van der Waals surface area contributed by atoms with Crippen LogP contribution in [0.25, 0.3) is 10.6 Å². The highest BCUT2D eigenvalue weighted by Crippen LogP contribution is 2.40. The lowest BCUT2D eigenvalue weighted by Crippen LogP contribution is -2.29. The maximum absolute atomic E-state index is 6.21. The third-order valence-electron chi connectivity index (χ3n) is 5.52. The Morgan fingerprint density at radius 2 is 2.16 bits per heavy atom. The molecule has 3 heterocycles. The molecule has 0 unspecified atom stereocenters. The average molecular weight is 356 g/mol. The van der Waals surface area contributed by atoms with E-state index in [0.29, 0.717) is 5.41 Å². The molecule has 1 fully saturated rings. The van der Waals surface area contributed by atoms with Crippen molar-refractivity contribution in [1.82, 2.24) is 9.97 Å². The van der Waals surface area contributed by atoms with Gasteiger partial charge in [-0.1, -0.05) is 37.5 Å². The quantitative estimate of drug-likeness (QED) is 0.781. The molecule has 1 aliphatic carbocycles. The van der Waals surface area contributed by atoms with Crippen molar-refractivity contribution in [2.24, 2.45) is 5.41 Å². The minimum absolute atomic E-state index is 0.371. The summed E-state index contributed by atoms with van der Waals surface area (Å²) in [6.07, 6.45) is 14.5. The van der Waals surface area contributed by atoms with Crippen LogP contribution in [-0.4, -0.2) is 16.6 Å². The van der Waals surface area contributed by atoms with E-state index < -0.39 is 0 Å². The van der Waals surface area contributed by atoms with E-state index in [1.165, 1.54) is 38.5 Å². The van der Waals surface area contributed by atoms with Crippen LogP contribution in [0.5, 0.6) is 0 Å². The Labute approximate surface area is 153 Å². The Morgan fingerprint density at radius 3 is 2.92 bits per heavy atom. The zero-order valence-corrected chi connectivity index (χ0v) is 15.6. The fourth-order valence-corrected chi connectivity index (χ4v) is 4.77. The fourth-order valence-electron chi connectivity index (χ4n) is 3.78. The van der Waals surface area contributed by atoms with Gasteiger partial charge in [0.25, 0.3) is 0 Å². The van der Waals surface area contributed by atoms with Gasteiger partial charge in [0.05, 0.1) is 12.3 Å². The Bertz CT molecular complexity index is 748. The number of hydrogen-bond donors (Lipinski definition) is 1. The van der Waals surface area contributed by atoms with Crippen molar-refractivity contribution in [1.29, 1.82) is 0 Å². The zero-order chi connectivity index (χ0) is 17.1. The second kappa shape index (κ2) is 7.16. The third kappa shape index (κ3) is 3.56. The zero-order valence-electron chi connectivity index (χ0n) is 14.8. The predicted molar refractivity (Wildman–Crippen MR) is 103 cm³/mol. The molecular weight excluding hydrogens is 330 g/mol. The van der Waals surface area contributed by atoms with Crippen molar-refractivity contribution >= 4 is 16.3 Å². The largest absolute Gasteiger partial charge is 0.479 e. The van der Waals surface area contributed by atoms with Crippen molar-refractivity contribution in [3.05, 3.63) is 42.2 Å². The van der Waals surface area contributed by atoms with Gasteiger partial charge < -0.3 is 10.1 Å².